The van der Waals surface area contributed by atoms with Gasteiger partial charge in [-0.15, -0.1) is 11.8 Å². The van der Waals surface area contributed by atoms with E-state index in [2.05, 4.69) is 0 Å². The minimum atomic E-state index is -4.33. The molecule has 2 saturated heterocycles. The van der Waals surface area contributed by atoms with Gasteiger partial charge in [0, 0.05) is 12.8 Å². The fourth-order valence-corrected chi connectivity index (χ4v) is 4.71. The Morgan fingerprint density at radius 1 is 1.21 bits per heavy atom. The van der Waals surface area contributed by atoms with Gasteiger partial charge >= 0.3 is 6.18 Å². The van der Waals surface area contributed by atoms with Gasteiger partial charge in [0.1, 0.15) is 5.37 Å². The molecule has 3 nitrogen and oxygen atoms in total. The Balaban J connectivity index is 1.72. The Bertz CT molecular complexity index is 584. The molecule has 1 N–H and O–H groups in total. The second-order valence-corrected chi connectivity index (χ2v) is 7.91. The van der Waals surface area contributed by atoms with Crippen molar-refractivity contribution >= 4 is 17.7 Å². The third kappa shape index (κ3) is 3.72. The molecule has 7 heteroatoms. The molecule has 0 radical (unpaired) electrons. The second kappa shape index (κ2) is 6.96. The number of hydrogen-bond acceptors (Lipinski definition) is 2. The molecule has 2 heterocycles. The summed E-state index contributed by atoms with van der Waals surface area (Å²) in [5.41, 5.74) is 0.115. The fraction of sp³-hybridized carbons (Fsp3) is 0.588. The Morgan fingerprint density at radius 2 is 1.83 bits per heavy atom. The van der Waals surface area contributed by atoms with Crippen molar-refractivity contribution in [2.45, 2.75) is 36.6 Å². The number of quaternary nitrogens is 1. The van der Waals surface area contributed by atoms with Crippen LogP contribution in [0.15, 0.2) is 24.3 Å². The van der Waals surface area contributed by atoms with Crippen LogP contribution >= 0.6 is 11.8 Å². The first-order valence-electron chi connectivity index (χ1n) is 8.33. The smallest absolute Gasteiger partial charge is 0.333 e. The van der Waals surface area contributed by atoms with Gasteiger partial charge in [0.25, 0.3) is 0 Å². The predicted octanol–water partition coefficient (Wildman–Crippen LogP) is 2.35. The number of alkyl halides is 3. The van der Waals surface area contributed by atoms with Crippen molar-refractivity contribution in [3.63, 3.8) is 0 Å². The number of benzene rings is 1. The van der Waals surface area contributed by atoms with Gasteiger partial charge < -0.3 is 9.80 Å². The lowest BCUT2D eigenvalue weighted by molar-refractivity contribution is -0.886. The molecule has 2 aliphatic rings. The van der Waals surface area contributed by atoms with Crippen LogP contribution in [0.25, 0.3) is 0 Å². The van der Waals surface area contributed by atoms with Crippen molar-refractivity contribution in [3.8, 4) is 0 Å². The van der Waals surface area contributed by atoms with Gasteiger partial charge in [-0.2, -0.15) is 13.2 Å². The lowest BCUT2D eigenvalue weighted by Gasteiger charge is -2.25. The summed E-state index contributed by atoms with van der Waals surface area (Å²) < 4.78 is 38.2. The SMILES string of the molecule is C[C@H]1S[C@H](c2ccc(C(F)(F)F)cc2)N(CC[NH+]2CCCC2)C1=O. The summed E-state index contributed by atoms with van der Waals surface area (Å²) in [7, 11) is 0. The van der Waals surface area contributed by atoms with Crippen LogP contribution in [0.2, 0.25) is 0 Å². The van der Waals surface area contributed by atoms with E-state index in [1.54, 1.807) is 0 Å². The van der Waals surface area contributed by atoms with E-state index in [-0.39, 0.29) is 16.5 Å². The van der Waals surface area contributed by atoms with Gasteiger partial charge in [-0.05, 0) is 24.6 Å². The van der Waals surface area contributed by atoms with Crippen LogP contribution in [0, 0.1) is 0 Å². The molecule has 3 rings (SSSR count). The molecule has 2 fully saturated rings. The Morgan fingerprint density at radius 3 is 2.42 bits per heavy atom. The number of carbonyl (C=O) groups excluding carboxylic acids is 1. The van der Waals surface area contributed by atoms with Crippen molar-refractivity contribution < 1.29 is 22.9 Å². The number of nitrogens with one attached hydrogen (secondary N) is 1. The summed E-state index contributed by atoms with van der Waals surface area (Å²) in [4.78, 5) is 15.8. The Labute approximate surface area is 144 Å². The first-order chi connectivity index (χ1) is 11.4. The van der Waals surface area contributed by atoms with E-state index in [0.29, 0.717) is 6.54 Å². The number of carbonyl (C=O) groups is 1. The van der Waals surface area contributed by atoms with Crippen LogP contribution in [0.4, 0.5) is 13.2 Å². The summed E-state index contributed by atoms with van der Waals surface area (Å²) in [5, 5.41) is -0.331. The van der Waals surface area contributed by atoms with E-state index in [4.69, 9.17) is 0 Å². The van der Waals surface area contributed by atoms with Gasteiger partial charge in [-0.25, -0.2) is 0 Å². The summed E-state index contributed by atoms with van der Waals surface area (Å²) >= 11 is 1.52. The maximum atomic E-state index is 12.7. The maximum Gasteiger partial charge on any atom is 0.416 e. The van der Waals surface area contributed by atoms with Crippen LogP contribution in [0.3, 0.4) is 0 Å². The van der Waals surface area contributed by atoms with Gasteiger partial charge in [-0.3, -0.25) is 4.79 Å². The van der Waals surface area contributed by atoms with Crippen molar-refractivity contribution in [2.75, 3.05) is 26.2 Å². The molecule has 0 aliphatic carbocycles. The number of rotatable bonds is 4. The summed E-state index contributed by atoms with van der Waals surface area (Å²) in [6.45, 7) is 5.74. The highest BCUT2D eigenvalue weighted by atomic mass is 32.2. The number of thioether (sulfide) groups is 1. The van der Waals surface area contributed by atoms with Gasteiger partial charge in [0.05, 0.1) is 37.0 Å². The molecule has 1 aromatic rings. The third-order valence-electron chi connectivity index (χ3n) is 4.79. The number of hydrogen-bond donors (Lipinski definition) is 1. The third-order valence-corrected chi connectivity index (χ3v) is 6.18. The largest absolute Gasteiger partial charge is 0.416 e. The molecule has 0 unspecified atom stereocenters. The first kappa shape index (κ1) is 17.6. The van der Waals surface area contributed by atoms with Gasteiger partial charge in [0.15, 0.2) is 0 Å². The fourth-order valence-electron chi connectivity index (χ4n) is 3.40. The van der Waals surface area contributed by atoms with Crippen molar-refractivity contribution in [1.82, 2.24) is 4.90 Å². The lowest BCUT2D eigenvalue weighted by Crippen LogP contribution is -3.10. The van der Waals surface area contributed by atoms with Crippen LogP contribution in [-0.2, 0) is 11.0 Å². The molecule has 0 aromatic heterocycles. The van der Waals surface area contributed by atoms with Gasteiger partial charge in [0.2, 0.25) is 5.91 Å². The minimum Gasteiger partial charge on any atom is -0.333 e. The molecule has 1 amide bonds. The van der Waals surface area contributed by atoms with E-state index in [9.17, 15) is 18.0 Å². The number of amides is 1. The standard InChI is InChI=1S/C17H21F3N2OS/c1-12-15(23)22(11-10-21-8-2-3-9-21)16(24-12)13-4-6-14(7-5-13)17(18,19)20/h4-7,12,16H,2-3,8-11H2,1H3/p+1/t12-,16-/m1/s1. The highest BCUT2D eigenvalue weighted by Crippen LogP contribution is 2.43. The Kier molecular flexibility index (Phi) is 5.11. The van der Waals surface area contributed by atoms with Gasteiger partial charge in [-0.1, -0.05) is 12.1 Å². The monoisotopic (exact) mass is 359 g/mol. The molecular formula is C17H22F3N2OS+. The van der Waals surface area contributed by atoms with Crippen molar-refractivity contribution in [1.29, 1.82) is 0 Å². The lowest BCUT2D eigenvalue weighted by atomic mass is 10.1. The quantitative estimate of drug-likeness (QED) is 0.893. The number of halogens is 3. The molecule has 2 atom stereocenters. The first-order valence-corrected chi connectivity index (χ1v) is 9.27. The molecule has 1 aromatic carbocycles. The highest BCUT2D eigenvalue weighted by Gasteiger charge is 2.39. The topological polar surface area (TPSA) is 24.8 Å². The van der Waals surface area contributed by atoms with E-state index in [1.165, 1.54) is 41.6 Å². The van der Waals surface area contributed by atoms with E-state index >= 15 is 0 Å². The molecule has 0 spiro atoms. The zero-order valence-corrected chi connectivity index (χ0v) is 14.4. The molecular weight excluding hydrogens is 337 g/mol. The second-order valence-electron chi connectivity index (χ2n) is 6.49. The average Bonchev–Trinajstić information content (AvgIpc) is 3.14. The van der Waals surface area contributed by atoms with Crippen LogP contribution in [0.5, 0.6) is 0 Å². The summed E-state index contributed by atoms with van der Waals surface area (Å²) in [6.07, 6.45) is -1.86. The zero-order chi connectivity index (χ0) is 17.3. The molecule has 24 heavy (non-hydrogen) atoms. The summed E-state index contributed by atoms with van der Waals surface area (Å²) in [5.74, 6) is 0.0866. The molecule has 2 aliphatic heterocycles. The highest BCUT2D eigenvalue weighted by molar-refractivity contribution is 8.01. The Hall–Kier alpha value is -1.21. The van der Waals surface area contributed by atoms with E-state index < -0.39 is 11.7 Å². The minimum absolute atomic E-state index is 0.0866. The van der Waals surface area contributed by atoms with Crippen LogP contribution in [0.1, 0.15) is 36.3 Å². The van der Waals surface area contributed by atoms with Crippen LogP contribution < -0.4 is 4.90 Å². The van der Waals surface area contributed by atoms with E-state index in [0.717, 1.165) is 37.3 Å². The summed E-state index contributed by atoms with van der Waals surface area (Å²) in [6, 6.07) is 5.21. The number of likely N-dealkylation sites (tertiary alicyclic amines) is 1. The van der Waals surface area contributed by atoms with Crippen LogP contribution in [-0.4, -0.2) is 42.2 Å². The zero-order valence-electron chi connectivity index (χ0n) is 13.6. The number of nitrogens with zero attached hydrogens (tertiary/aromatic N) is 1. The predicted molar refractivity (Wildman–Crippen MR) is 87.7 cm³/mol. The average molecular weight is 359 g/mol. The molecule has 0 saturated carbocycles. The maximum absolute atomic E-state index is 12.7. The van der Waals surface area contributed by atoms with Crippen molar-refractivity contribution in [2.24, 2.45) is 0 Å². The van der Waals surface area contributed by atoms with Crippen molar-refractivity contribution in [3.05, 3.63) is 35.4 Å². The van der Waals surface area contributed by atoms with E-state index in [1.807, 2.05) is 11.8 Å². The normalized spacial score (nSPS) is 25.7. The molecule has 0 bridgehead atoms. The molecule has 132 valence electrons.